The second-order valence-corrected chi connectivity index (χ2v) is 10.0. The number of anilines is 1. The summed E-state index contributed by atoms with van der Waals surface area (Å²) in [5, 5.41) is 12.1. The van der Waals surface area contributed by atoms with Crippen molar-refractivity contribution in [2.75, 3.05) is 11.5 Å². The average molecular weight is 538 g/mol. The zero-order chi connectivity index (χ0) is 26.9. The molecule has 9 heteroatoms. The minimum absolute atomic E-state index is 0.0140. The Morgan fingerprint density at radius 3 is 2.28 bits per heavy atom. The number of rotatable bonds is 8. The number of nitrogens with zero attached hydrogens (tertiary/aromatic N) is 3. The Morgan fingerprint density at radius 2 is 1.62 bits per heavy atom. The number of nitro benzene ring substituents is 1. The first kappa shape index (κ1) is 24.6. The van der Waals surface area contributed by atoms with Crippen molar-refractivity contribution >= 4 is 38.8 Å². The number of carbonyl (C=O) groups is 1. The molecule has 39 heavy (non-hydrogen) atoms. The largest absolute Gasteiger partial charge is 0.494 e. The zero-order valence-electron chi connectivity index (χ0n) is 20.9. The van der Waals surface area contributed by atoms with Gasteiger partial charge in [-0.05, 0) is 85.3 Å². The standard InChI is InChI=1S/C30H23N3O5S/c1-2-37-23-17-13-21(14-18-23)32-27(19-7-11-22(12-8-19)33(35)36)28(30(32)34)38-24-15-9-20(10-16-24)29-31-25-5-3-4-6-26(25)39-29/h3-18,27-28H,2H2,1H3/t27-,28+/m0/s1. The molecule has 0 spiro atoms. The number of hydrogen-bond donors (Lipinski definition) is 0. The Balaban J connectivity index is 1.27. The van der Waals surface area contributed by atoms with Gasteiger partial charge in [-0.1, -0.05) is 12.1 Å². The summed E-state index contributed by atoms with van der Waals surface area (Å²) in [7, 11) is 0. The molecule has 0 bridgehead atoms. The molecule has 1 fully saturated rings. The summed E-state index contributed by atoms with van der Waals surface area (Å²) < 4.78 is 12.9. The van der Waals surface area contributed by atoms with E-state index in [1.54, 1.807) is 28.4 Å². The van der Waals surface area contributed by atoms with E-state index in [2.05, 4.69) is 0 Å². The predicted octanol–water partition coefficient (Wildman–Crippen LogP) is 6.81. The highest BCUT2D eigenvalue weighted by molar-refractivity contribution is 7.21. The SMILES string of the molecule is CCOc1ccc(N2C(=O)[C@H](Oc3ccc(-c4nc5ccccc5s4)cc3)[C@@H]2c2ccc([N+](=O)[O-])cc2)cc1. The van der Waals surface area contributed by atoms with E-state index in [0.29, 0.717) is 23.8 Å². The van der Waals surface area contributed by atoms with Crippen molar-refractivity contribution in [3.8, 4) is 22.1 Å². The molecule has 194 valence electrons. The molecule has 0 N–H and O–H groups in total. The predicted molar refractivity (Wildman–Crippen MR) is 150 cm³/mol. The van der Waals surface area contributed by atoms with Crippen LogP contribution in [0.2, 0.25) is 0 Å². The van der Waals surface area contributed by atoms with Crippen LogP contribution in [-0.4, -0.2) is 28.5 Å². The van der Waals surface area contributed by atoms with Gasteiger partial charge in [0.25, 0.3) is 11.6 Å². The molecule has 0 aliphatic carbocycles. The first-order valence-corrected chi connectivity index (χ1v) is 13.3. The molecule has 1 aromatic heterocycles. The van der Waals surface area contributed by atoms with Crippen molar-refractivity contribution in [2.24, 2.45) is 0 Å². The minimum Gasteiger partial charge on any atom is -0.494 e. The number of para-hydroxylation sites is 1. The fraction of sp³-hybridized carbons (Fsp3) is 0.133. The van der Waals surface area contributed by atoms with E-state index >= 15 is 0 Å². The van der Waals surface area contributed by atoms with Crippen LogP contribution in [0.25, 0.3) is 20.8 Å². The van der Waals surface area contributed by atoms with E-state index < -0.39 is 17.1 Å². The number of benzene rings is 4. The van der Waals surface area contributed by atoms with Crippen LogP contribution >= 0.6 is 11.3 Å². The molecular weight excluding hydrogens is 514 g/mol. The third-order valence-corrected chi connectivity index (χ3v) is 7.66. The molecule has 6 rings (SSSR count). The maximum absolute atomic E-state index is 13.4. The molecule has 0 unspecified atom stereocenters. The maximum atomic E-state index is 13.4. The van der Waals surface area contributed by atoms with Crippen LogP contribution in [0, 0.1) is 10.1 Å². The van der Waals surface area contributed by atoms with Gasteiger partial charge in [-0.3, -0.25) is 19.8 Å². The van der Waals surface area contributed by atoms with Gasteiger partial charge in [0, 0.05) is 23.4 Å². The second kappa shape index (κ2) is 10.2. The monoisotopic (exact) mass is 537 g/mol. The third kappa shape index (κ3) is 4.68. The summed E-state index contributed by atoms with van der Waals surface area (Å²) in [6.45, 7) is 2.45. The number of aromatic nitrogens is 1. The number of thiazole rings is 1. The number of β-lactam (4-membered cyclic amide) rings is 1. The molecule has 5 aromatic rings. The summed E-state index contributed by atoms with van der Waals surface area (Å²) in [5.74, 6) is 1.07. The van der Waals surface area contributed by atoms with E-state index in [4.69, 9.17) is 14.5 Å². The van der Waals surface area contributed by atoms with Gasteiger partial charge in [0.15, 0.2) is 0 Å². The van der Waals surface area contributed by atoms with Crippen molar-refractivity contribution in [1.29, 1.82) is 0 Å². The van der Waals surface area contributed by atoms with E-state index in [0.717, 1.165) is 26.4 Å². The molecule has 4 aromatic carbocycles. The Morgan fingerprint density at radius 1 is 0.923 bits per heavy atom. The van der Waals surface area contributed by atoms with Crippen LogP contribution in [0.3, 0.4) is 0 Å². The van der Waals surface area contributed by atoms with Gasteiger partial charge >= 0.3 is 0 Å². The number of hydrogen-bond acceptors (Lipinski definition) is 7. The number of fused-ring (bicyclic) bond motifs is 1. The molecule has 2 atom stereocenters. The van der Waals surface area contributed by atoms with Gasteiger partial charge in [0.1, 0.15) is 22.5 Å². The van der Waals surface area contributed by atoms with E-state index in [-0.39, 0.29) is 11.6 Å². The van der Waals surface area contributed by atoms with Gasteiger partial charge in [-0.15, -0.1) is 11.3 Å². The highest BCUT2D eigenvalue weighted by Gasteiger charge is 2.51. The van der Waals surface area contributed by atoms with Gasteiger partial charge in [0.2, 0.25) is 6.10 Å². The van der Waals surface area contributed by atoms with Gasteiger partial charge < -0.3 is 9.47 Å². The van der Waals surface area contributed by atoms with Gasteiger partial charge in [-0.2, -0.15) is 0 Å². The Hall–Kier alpha value is -4.76. The summed E-state index contributed by atoms with van der Waals surface area (Å²) in [6, 6.07) is 28.6. The third-order valence-electron chi connectivity index (χ3n) is 6.58. The molecular formula is C30H23N3O5S. The number of amides is 1. The number of carbonyl (C=O) groups excluding carboxylic acids is 1. The fourth-order valence-electron chi connectivity index (χ4n) is 4.67. The molecule has 1 amide bonds. The van der Waals surface area contributed by atoms with Crippen molar-refractivity contribution in [1.82, 2.24) is 4.98 Å². The summed E-state index contributed by atoms with van der Waals surface area (Å²) in [5.41, 5.74) is 3.34. The first-order chi connectivity index (χ1) is 19.0. The van der Waals surface area contributed by atoms with Crippen molar-refractivity contribution in [2.45, 2.75) is 19.1 Å². The van der Waals surface area contributed by atoms with Gasteiger partial charge in [-0.25, -0.2) is 4.98 Å². The first-order valence-electron chi connectivity index (χ1n) is 12.4. The van der Waals surface area contributed by atoms with Crippen LogP contribution < -0.4 is 14.4 Å². The molecule has 0 radical (unpaired) electrons. The lowest BCUT2D eigenvalue weighted by Crippen LogP contribution is -2.61. The van der Waals surface area contributed by atoms with Crippen molar-refractivity contribution in [3.63, 3.8) is 0 Å². The van der Waals surface area contributed by atoms with Crippen molar-refractivity contribution in [3.05, 3.63) is 113 Å². The van der Waals surface area contributed by atoms with Crippen molar-refractivity contribution < 1.29 is 19.2 Å². The van der Waals surface area contributed by atoms with E-state index in [1.807, 2.05) is 79.7 Å². The topological polar surface area (TPSA) is 94.8 Å². The van der Waals surface area contributed by atoms with Crippen LogP contribution in [0.15, 0.2) is 97.1 Å². The molecule has 1 aliphatic rings. The van der Waals surface area contributed by atoms with Gasteiger partial charge in [0.05, 0.1) is 21.7 Å². The minimum atomic E-state index is -0.786. The molecule has 8 nitrogen and oxygen atoms in total. The smallest absolute Gasteiger partial charge is 0.271 e. The Labute approximate surface area is 228 Å². The average Bonchev–Trinajstić information content (AvgIpc) is 3.40. The maximum Gasteiger partial charge on any atom is 0.271 e. The number of non-ortho nitro benzene ring substituents is 1. The molecule has 0 saturated carbocycles. The summed E-state index contributed by atoms with van der Waals surface area (Å²) in [6.07, 6.45) is -0.786. The summed E-state index contributed by atoms with van der Waals surface area (Å²) >= 11 is 1.62. The van der Waals surface area contributed by atoms with Crippen LogP contribution in [-0.2, 0) is 4.79 Å². The fourth-order valence-corrected chi connectivity index (χ4v) is 5.64. The van der Waals surface area contributed by atoms with Crippen LogP contribution in [0.4, 0.5) is 11.4 Å². The van der Waals surface area contributed by atoms with Crippen LogP contribution in [0.5, 0.6) is 11.5 Å². The number of nitro groups is 1. The zero-order valence-corrected chi connectivity index (χ0v) is 21.7. The normalized spacial score (nSPS) is 16.6. The molecule has 2 heterocycles. The highest BCUT2D eigenvalue weighted by atomic mass is 32.1. The molecule has 1 saturated heterocycles. The Kier molecular flexibility index (Phi) is 6.42. The Bertz CT molecular complexity index is 1620. The second-order valence-electron chi connectivity index (χ2n) is 8.98. The number of ether oxygens (including phenoxy) is 2. The summed E-state index contributed by atoms with van der Waals surface area (Å²) in [4.78, 5) is 30.5. The highest BCUT2D eigenvalue weighted by Crippen LogP contribution is 2.42. The lowest BCUT2D eigenvalue weighted by Gasteiger charge is -2.46. The van der Waals surface area contributed by atoms with E-state index in [9.17, 15) is 14.9 Å². The molecule has 1 aliphatic heterocycles. The lowest BCUT2D eigenvalue weighted by atomic mass is 9.89. The quantitative estimate of drug-likeness (QED) is 0.123. The lowest BCUT2D eigenvalue weighted by molar-refractivity contribution is -0.384. The van der Waals surface area contributed by atoms with E-state index in [1.165, 1.54) is 12.1 Å². The van der Waals surface area contributed by atoms with Crippen LogP contribution in [0.1, 0.15) is 18.5 Å².